The summed E-state index contributed by atoms with van der Waals surface area (Å²) in [7, 11) is 1.20. The number of carbonyl (C=O) groups excluding carboxylic acids is 1. The summed E-state index contributed by atoms with van der Waals surface area (Å²) in [5.74, 6) is -0.320. The van der Waals surface area contributed by atoms with E-state index in [0.29, 0.717) is 0 Å². The van der Waals surface area contributed by atoms with Gasteiger partial charge in [0.1, 0.15) is 17.1 Å². The van der Waals surface area contributed by atoms with Crippen molar-refractivity contribution in [3.05, 3.63) is 46.2 Å². The van der Waals surface area contributed by atoms with Crippen molar-refractivity contribution in [2.75, 3.05) is 7.11 Å². The van der Waals surface area contributed by atoms with Crippen LogP contribution >= 0.6 is 11.6 Å². The Morgan fingerprint density at radius 2 is 1.95 bits per heavy atom. The van der Waals surface area contributed by atoms with Crippen molar-refractivity contribution in [1.82, 2.24) is 0 Å². The number of methoxy groups -OCH3 is 1. The third-order valence-corrected chi connectivity index (χ3v) is 3.21. The molecule has 0 atom stereocenters. The summed E-state index contributed by atoms with van der Waals surface area (Å²) >= 11 is 5.91. The Balaban J connectivity index is 2.54. The van der Waals surface area contributed by atoms with Gasteiger partial charge < -0.3 is 9.15 Å². The van der Waals surface area contributed by atoms with Crippen LogP contribution < -0.4 is 0 Å². The highest BCUT2D eigenvalue weighted by Crippen LogP contribution is 2.37. The maximum atomic E-state index is 12.7. The number of halogens is 4. The molecule has 0 aliphatic carbocycles. The molecule has 2 aromatic rings. The first-order valence-electron chi connectivity index (χ1n) is 5.80. The van der Waals surface area contributed by atoms with Crippen molar-refractivity contribution in [2.45, 2.75) is 13.1 Å². The molecule has 1 aromatic carbocycles. The highest BCUT2D eigenvalue weighted by Gasteiger charge is 2.31. The second kappa shape index (κ2) is 5.44. The third-order valence-electron chi connectivity index (χ3n) is 2.88. The van der Waals surface area contributed by atoms with Crippen LogP contribution in [0.15, 0.2) is 28.7 Å². The molecular formula is C14H10ClF3O3. The van der Waals surface area contributed by atoms with E-state index >= 15 is 0 Å². The molecule has 7 heteroatoms. The number of aryl methyl sites for hydroxylation is 1. The summed E-state index contributed by atoms with van der Waals surface area (Å²) in [6.07, 6.45) is -4.49. The minimum atomic E-state index is -4.49. The lowest BCUT2D eigenvalue weighted by Gasteiger charge is -2.08. The zero-order chi connectivity index (χ0) is 15.8. The summed E-state index contributed by atoms with van der Waals surface area (Å²) in [4.78, 5) is 11.5. The lowest BCUT2D eigenvalue weighted by atomic mass is 10.1. The van der Waals surface area contributed by atoms with Crippen molar-refractivity contribution in [1.29, 1.82) is 0 Å². The van der Waals surface area contributed by atoms with Crippen molar-refractivity contribution in [2.24, 2.45) is 0 Å². The van der Waals surface area contributed by atoms with Gasteiger partial charge >= 0.3 is 12.1 Å². The van der Waals surface area contributed by atoms with Crippen molar-refractivity contribution >= 4 is 17.6 Å². The molecular weight excluding hydrogens is 309 g/mol. The summed E-state index contributed by atoms with van der Waals surface area (Å²) in [5, 5.41) is 0.0909. The van der Waals surface area contributed by atoms with Gasteiger partial charge in [-0.25, -0.2) is 4.79 Å². The molecule has 0 radical (unpaired) electrons. The Morgan fingerprint density at radius 1 is 1.29 bits per heavy atom. The van der Waals surface area contributed by atoms with E-state index in [0.717, 1.165) is 18.2 Å². The molecule has 0 N–H and O–H groups in total. The number of benzene rings is 1. The Bertz CT molecular complexity index is 689. The summed E-state index contributed by atoms with van der Waals surface area (Å²) in [6, 6.07) is 4.20. The zero-order valence-electron chi connectivity index (χ0n) is 11.0. The quantitative estimate of drug-likeness (QED) is 0.752. The van der Waals surface area contributed by atoms with Gasteiger partial charge in [0.05, 0.1) is 17.7 Å². The van der Waals surface area contributed by atoms with Gasteiger partial charge in [0.25, 0.3) is 0 Å². The van der Waals surface area contributed by atoms with E-state index in [-0.39, 0.29) is 27.7 Å². The van der Waals surface area contributed by atoms with E-state index in [2.05, 4.69) is 4.74 Å². The van der Waals surface area contributed by atoms with Crippen LogP contribution in [0.2, 0.25) is 5.02 Å². The zero-order valence-corrected chi connectivity index (χ0v) is 11.8. The van der Waals surface area contributed by atoms with Crippen LogP contribution in [0, 0.1) is 6.92 Å². The van der Waals surface area contributed by atoms with Gasteiger partial charge in [-0.15, -0.1) is 0 Å². The summed E-state index contributed by atoms with van der Waals surface area (Å²) < 4.78 is 48.1. The molecule has 3 nitrogen and oxygen atoms in total. The molecule has 0 unspecified atom stereocenters. The average molecular weight is 319 g/mol. The number of rotatable bonds is 2. The van der Waals surface area contributed by atoms with E-state index in [4.69, 9.17) is 16.0 Å². The van der Waals surface area contributed by atoms with Crippen LogP contribution in [-0.4, -0.2) is 13.1 Å². The molecule has 0 fully saturated rings. The van der Waals surface area contributed by atoms with E-state index < -0.39 is 17.7 Å². The monoisotopic (exact) mass is 318 g/mol. The van der Waals surface area contributed by atoms with E-state index in [1.165, 1.54) is 20.1 Å². The Morgan fingerprint density at radius 3 is 2.52 bits per heavy atom. The van der Waals surface area contributed by atoms with E-state index in [1.807, 2.05) is 0 Å². The maximum Gasteiger partial charge on any atom is 0.416 e. The fourth-order valence-electron chi connectivity index (χ4n) is 1.82. The first kappa shape index (κ1) is 15.4. The first-order chi connectivity index (χ1) is 9.74. The highest BCUT2D eigenvalue weighted by atomic mass is 35.5. The molecule has 0 saturated heterocycles. The number of hydrogen-bond acceptors (Lipinski definition) is 3. The first-order valence-corrected chi connectivity index (χ1v) is 6.17. The molecule has 112 valence electrons. The van der Waals surface area contributed by atoms with Crippen LogP contribution in [0.25, 0.3) is 11.3 Å². The standard InChI is InChI=1S/C14H10ClF3O3/c1-7-9(13(19)20-2)6-12(21-7)10-5-8(14(16,17)18)3-4-11(10)15/h3-6H,1-2H3. The van der Waals surface area contributed by atoms with Gasteiger partial charge in [0.15, 0.2) is 0 Å². The molecule has 0 saturated carbocycles. The number of alkyl halides is 3. The predicted molar refractivity (Wildman–Crippen MR) is 70.2 cm³/mol. The van der Waals surface area contributed by atoms with Gasteiger partial charge in [0, 0.05) is 5.56 Å². The predicted octanol–water partition coefficient (Wildman–Crippen LogP) is 4.71. The fraction of sp³-hybridized carbons (Fsp3) is 0.214. The van der Waals surface area contributed by atoms with E-state index in [1.54, 1.807) is 0 Å². The minimum Gasteiger partial charge on any atom is -0.465 e. The molecule has 0 bridgehead atoms. The molecule has 0 aliphatic rings. The smallest absolute Gasteiger partial charge is 0.416 e. The second-order valence-electron chi connectivity index (χ2n) is 4.26. The second-order valence-corrected chi connectivity index (χ2v) is 4.67. The number of furan rings is 1. The Hall–Kier alpha value is -1.95. The van der Waals surface area contributed by atoms with Gasteiger partial charge in [-0.3, -0.25) is 0 Å². The van der Waals surface area contributed by atoms with Crippen LogP contribution in [0.4, 0.5) is 13.2 Å². The summed E-state index contributed by atoms with van der Waals surface area (Å²) in [5.41, 5.74) is -0.652. The van der Waals surface area contributed by atoms with Crippen LogP contribution in [0.5, 0.6) is 0 Å². The normalized spacial score (nSPS) is 11.5. The van der Waals surface area contributed by atoms with Gasteiger partial charge in [0.2, 0.25) is 0 Å². The maximum absolute atomic E-state index is 12.7. The lowest BCUT2D eigenvalue weighted by molar-refractivity contribution is -0.137. The molecule has 0 spiro atoms. The topological polar surface area (TPSA) is 39.4 Å². The highest BCUT2D eigenvalue weighted by molar-refractivity contribution is 6.33. The number of carbonyl (C=O) groups is 1. The molecule has 0 amide bonds. The van der Waals surface area contributed by atoms with Crippen LogP contribution in [-0.2, 0) is 10.9 Å². The Kier molecular flexibility index (Phi) is 4.00. The van der Waals surface area contributed by atoms with E-state index in [9.17, 15) is 18.0 Å². The van der Waals surface area contributed by atoms with Gasteiger partial charge in [-0.05, 0) is 31.2 Å². The molecule has 1 aromatic heterocycles. The summed E-state index contributed by atoms with van der Waals surface area (Å²) in [6.45, 7) is 1.51. The van der Waals surface area contributed by atoms with Crippen LogP contribution in [0.3, 0.4) is 0 Å². The molecule has 21 heavy (non-hydrogen) atoms. The Labute approximate surface area is 123 Å². The largest absolute Gasteiger partial charge is 0.465 e. The third kappa shape index (κ3) is 3.05. The minimum absolute atomic E-state index is 0.0599. The number of hydrogen-bond donors (Lipinski definition) is 0. The van der Waals surface area contributed by atoms with Crippen molar-refractivity contribution in [3.63, 3.8) is 0 Å². The fourth-order valence-corrected chi connectivity index (χ4v) is 2.03. The van der Waals surface area contributed by atoms with Gasteiger partial charge in [-0.1, -0.05) is 11.6 Å². The lowest BCUT2D eigenvalue weighted by Crippen LogP contribution is -2.04. The molecule has 0 aliphatic heterocycles. The van der Waals surface area contributed by atoms with Crippen LogP contribution in [0.1, 0.15) is 21.7 Å². The number of ether oxygens (including phenoxy) is 1. The SMILES string of the molecule is COC(=O)c1cc(-c2cc(C(F)(F)F)ccc2Cl)oc1C. The average Bonchev–Trinajstić information content (AvgIpc) is 2.79. The van der Waals surface area contributed by atoms with Gasteiger partial charge in [-0.2, -0.15) is 13.2 Å². The molecule has 1 heterocycles. The van der Waals surface area contributed by atoms with Crippen molar-refractivity contribution in [3.8, 4) is 11.3 Å². The van der Waals surface area contributed by atoms with Crippen molar-refractivity contribution < 1.29 is 27.1 Å². The number of esters is 1. The molecule has 2 rings (SSSR count).